The number of nitrogens with one attached hydrogen (secondary N) is 1. The smallest absolute Gasteiger partial charge is 0.419 e. The van der Waals surface area contributed by atoms with Gasteiger partial charge in [0.2, 0.25) is 5.90 Å². The fourth-order valence-corrected chi connectivity index (χ4v) is 1.62. The number of carbonyl (C=O) groups excluding carboxylic acids is 1. The Morgan fingerprint density at radius 3 is 2.75 bits per heavy atom. The summed E-state index contributed by atoms with van der Waals surface area (Å²) in [5.74, 6) is -2.48. The van der Waals surface area contributed by atoms with Crippen molar-refractivity contribution in [3.63, 3.8) is 0 Å². The number of benzene rings is 1. The maximum absolute atomic E-state index is 13.1. The number of hydroxylamine groups is 1. The first-order valence-electron chi connectivity index (χ1n) is 5.34. The predicted octanol–water partition coefficient (Wildman–Crippen LogP) is 1.50. The molecule has 1 aliphatic heterocycles. The van der Waals surface area contributed by atoms with Crippen molar-refractivity contribution in [1.29, 1.82) is 0 Å². The van der Waals surface area contributed by atoms with E-state index in [2.05, 4.69) is 4.99 Å². The minimum Gasteiger partial charge on any atom is -0.475 e. The van der Waals surface area contributed by atoms with E-state index in [1.54, 1.807) is 0 Å². The molecule has 0 bridgehead atoms. The Morgan fingerprint density at radius 1 is 1.45 bits per heavy atom. The van der Waals surface area contributed by atoms with Crippen LogP contribution in [-0.4, -0.2) is 29.7 Å². The van der Waals surface area contributed by atoms with Gasteiger partial charge in [0.05, 0.1) is 5.56 Å². The normalized spacial score (nSPS) is 18.4. The van der Waals surface area contributed by atoms with Crippen LogP contribution in [0.2, 0.25) is 0 Å². The number of amides is 1. The second kappa shape index (κ2) is 5.08. The molecule has 1 aromatic rings. The molecule has 108 valence electrons. The van der Waals surface area contributed by atoms with E-state index < -0.39 is 29.5 Å². The zero-order chi connectivity index (χ0) is 14.9. The summed E-state index contributed by atoms with van der Waals surface area (Å²) in [6.45, 7) is -0.222. The Hall–Kier alpha value is -2.16. The maximum atomic E-state index is 13.1. The van der Waals surface area contributed by atoms with Gasteiger partial charge in [-0.1, -0.05) is 0 Å². The number of hydrogen-bond acceptors (Lipinski definition) is 4. The monoisotopic (exact) mass is 292 g/mol. The summed E-state index contributed by atoms with van der Waals surface area (Å²) in [5, 5.41) is 8.42. The van der Waals surface area contributed by atoms with Crippen molar-refractivity contribution in [2.24, 2.45) is 4.99 Å². The Kier molecular flexibility index (Phi) is 3.62. The van der Waals surface area contributed by atoms with E-state index in [0.717, 1.165) is 6.07 Å². The average molecular weight is 292 g/mol. The van der Waals surface area contributed by atoms with Gasteiger partial charge < -0.3 is 4.74 Å². The third-order valence-corrected chi connectivity index (χ3v) is 2.58. The SMILES string of the molecule is O=C(NO)[C@H]1COC(c2ccc(F)c(C(F)(F)F)c2)=N1. The highest BCUT2D eigenvalue weighted by atomic mass is 19.4. The zero-order valence-electron chi connectivity index (χ0n) is 9.74. The molecule has 0 fully saturated rings. The van der Waals surface area contributed by atoms with Crippen LogP contribution in [0.4, 0.5) is 17.6 Å². The summed E-state index contributed by atoms with van der Waals surface area (Å²) in [5.41, 5.74) is -0.195. The molecule has 0 saturated carbocycles. The Labute approximate surface area is 109 Å². The lowest BCUT2D eigenvalue weighted by molar-refractivity contribution is -0.140. The fraction of sp³-hybridized carbons (Fsp3) is 0.273. The van der Waals surface area contributed by atoms with Crippen molar-refractivity contribution >= 4 is 11.8 Å². The molecule has 1 aliphatic rings. The lowest BCUT2D eigenvalue weighted by Crippen LogP contribution is -2.31. The first kappa shape index (κ1) is 14.3. The molecule has 1 heterocycles. The van der Waals surface area contributed by atoms with E-state index in [9.17, 15) is 22.4 Å². The van der Waals surface area contributed by atoms with Gasteiger partial charge in [0.1, 0.15) is 12.4 Å². The summed E-state index contributed by atoms with van der Waals surface area (Å²) >= 11 is 0. The Morgan fingerprint density at radius 2 is 2.15 bits per heavy atom. The van der Waals surface area contributed by atoms with Crippen molar-refractivity contribution < 1.29 is 32.3 Å². The number of carbonyl (C=O) groups is 1. The number of hydrogen-bond donors (Lipinski definition) is 2. The van der Waals surface area contributed by atoms with Gasteiger partial charge in [0.15, 0.2) is 6.04 Å². The van der Waals surface area contributed by atoms with E-state index in [1.165, 1.54) is 5.48 Å². The quantitative estimate of drug-likeness (QED) is 0.493. The summed E-state index contributed by atoms with van der Waals surface area (Å²) < 4.78 is 55.8. The third kappa shape index (κ3) is 2.72. The van der Waals surface area contributed by atoms with Crippen molar-refractivity contribution in [2.75, 3.05) is 6.61 Å². The zero-order valence-corrected chi connectivity index (χ0v) is 9.74. The van der Waals surface area contributed by atoms with Crippen LogP contribution in [0.25, 0.3) is 0 Å². The number of rotatable bonds is 2. The molecule has 0 radical (unpaired) electrons. The van der Waals surface area contributed by atoms with Gasteiger partial charge in [-0.05, 0) is 18.2 Å². The van der Waals surface area contributed by atoms with Gasteiger partial charge in [-0.15, -0.1) is 0 Å². The summed E-state index contributed by atoms with van der Waals surface area (Å²) in [6, 6.07) is 1.19. The molecule has 1 atom stereocenters. The molecule has 0 spiro atoms. The molecule has 1 aromatic carbocycles. The van der Waals surface area contributed by atoms with Gasteiger partial charge in [0.25, 0.3) is 5.91 Å². The highest BCUT2D eigenvalue weighted by Gasteiger charge is 2.35. The van der Waals surface area contributed by atoms with Gasteiger partial charge in [-0.25, -0.2) is 14.9 Å². The van der Waals surface area contributed by atoms with Crippen LogP contribution >= 0.6 is 0 Å². The largest absolute Gasteiger partial charge is 0.475 e. The van der Waals surface area contributed by atoms with Crippen LogP contribution in [-0.2, 0) is 15.7 Å². The second-order valence-corrected chi connectivity index (χ2v) is 3.93. The van der Waals surface area contributed by atoms with Crippen LogP contribution in [0.15, 0.2) is 23.2 Å². The van der Waals surface area contributed by atoms with E-state index in [1.807, 2.05) is 0 Å². The lowest BCUT2D eigenvalue weighted by Gasteiger charge is -2.09. The molecule has 0 aromatic heterocycles. The maximum Gasteiger partial charge on any atom is 0.419 e. The van der Waals surface area contributed by atoms with Crippen LogP contribution in [0.5, 0.6) is 0 Å². The molecule has 0 aliphatic carbocycles. The van der Waals surface area contributed by atoms with Gasteiger partial charge >= 0.3 is 6.18 Å². The van der Waals surface area contributed by atoms with E-state index in [4.69, 9.17) is 9.94 Å². The molecule has 20 heavy (non-hydrogen) atoms. The molecule has 9 heteroatoms. The third-order valence-electron chi connectivity index (χ3n) is 2.58. The average Bonchev–Trinajstić information content (AvgIpc) is 2.86. The van der Waals surface area contributed by atoms with Gasteiger partial charge in [-0.3, -0.25) is 10.0 Å². The van der Waals surface area contributed by atoms with Crippen molar-refractivity contribution in [2.45, 2.75) is 12.2 Å². The van der Waals surface area contributed by atoms with Crippen LogP contribution < -0.4 is 5.48 Å². The van der Waals surface area contributed by atoms with Crippen LogP contribution in [0.1, 0.15) is 11.1 Å². The molecule has 0 saturated heterocycles. The van der Waals surface area contributed by atoms with Crippen LogP contribution in [0.3, 0.4) is 0 Å². The standard InChI is InChI=1S/C11H8F4N2O3/c12-7-2-1-5(3-6(7)11(13,14)15)10-16-8(4-20-10)9(18)17-19/h1-3,8,19H,4H2,(H,17,18)/t8-/m1/s1. The Bertz CT molecular complexity index is 571. The summed E-state index contributed by atoms with van der Waals surface area (Å²) in [4.78, 5) is 14.8. The number of alkyl halides is 3. The minimum atomic E-state index is -4.85. The number of nitrogens with zero attached hydrogens (tertiary/aromatic N) is 1. The molecule has 2 N–H and O–H groups in total. The summed E-state index contributed by atoms with van der Waals surface area (Å²) in [6.07, 6.45) is -4.85. The van der Waals surface area contributed by atoms with Gasteiger partial charge in [0, 0.05) is 5.56 Å². The van der Waals surface area contributed by atoms with Crippen LogP contribution in [0, 0.1) is 5.82 Å². The molecule has 2 rings (SSSR count). The fourth-order valence-electron chi connectivity index (χ4n) is 1.62. The summed E-state index contributed by atoms with van der Waals surface area (Å²) in [7, 11) is 0. The van der Waals surface area contributed by atoms with Crippen molar-refractivity contribution in [1.82, 2.24) is 5.48 Å². The van der Waals surface area contributed by atoms with E-state index in [0.29, 0.717) is 12.1 Å². The van der Waals surface area contributed by atoms with Gasteiger partial charge in [-0.2, -0.15) is 13.2 Å². The Balaban J connectivity index is 2.33. The molecule has 0 unspecified atom stereocenters. The number of ether oxygens (including phenoxy) is 1. The topological polar surface area (TPSA) is 70.9 Å². The number of halogens is 4. The second-order valence-electron chi connectivity index (χ2n) is 3.93. The highest BCUT2D eigenvalue weighted by Crippen LogP contribution is 2.32. The van der Waals surface area contributed by atoms with Crippen molar-refractivity contribution in [3.8, 4) is 0 Å². The van der Waals surface area contributed by atoms with E-state index in [-0.39, 0.29) is 18.1 Å². The highest BCUT2D eigenvalue weighted by molar-refractivity contribution is 5.98. The molecule has 5 nitrogen and oxygen atoms in total. The first-order valence-corrected chi connectivity index (χ1v) is 5.34. The predicted molar refractivity (Wildman–Crippen MR) is 57.6 cm³/mol. The lowest BCUT2D eigenvalue weighted by atomic mass is 10.1. The first-order chi connectivity index (χ1) is 9.32. The molecule has 1 amide bonds. The minimum absolute atomic E-state index is 0.105. The van der Waals surface area contributed by atoms with E-state index >= 15 is 0 Å². The van der Waals surface area contributed by atoms with Crippen molar-refractivity contribution in [3.05, 3.63) is 35.1 Å². The molecular formula is C11H8F4N2O3. The number of aliphatic imine (C=N–C) groups is 1. The molecular weight excluding hydrogens is 284 g/mol.